The highest BCUT2D eigenvalue weighted by Crippen LogP contribution is 2.13. The van der Waals surface area contributed by atoms with Crippen molar-refractivity contribution in [2.24, 2.45) is 0 Å². The fraction of sp³-hybridized carbons (Fsp3) is 1.00. The van der Waals surface area contributed by atoms with Gasteiger partial charge in [0.25, 0.3) is 0 Å². The van der Waals surface area contributed by atoms with E-state index in [1.165, 1.54) is 0 Å². The fourth-order valence-corrected chi connectivity index (χ4v) is 10.0. The average Bonchev–Trinajstić information content (AvgIpc) is 2.09. The van der Waals surface area contributed by atoms with Crippen LogP contribution in [0.1, 0.15) is 27.7 Å². The maximum Gasteiger partial charge on any atom is 0.204 e. The highest BCUT2D eigenvalue weighted by Gasteiger charge is 2.34. The van der Waals surface area contributed by atoms with E-state index in [1.807, 2.05) is 0 Å². The first-order valence-electron chi connectivity index (χ1n) is 6.71. The molecule has 0 rings (SSSR count). The summed E-state index contributed by atoms with van der Waals surface area (Å²) in [5.41, 5.74) is 0. The third kappa shape index (κ3) is 9.97. The molecule has 0 unspecified atom stereocenters. The van der Waals surface area contributed by atoms with E-state index in [2.05, 4.69) is 64.5 Å². The van der Waals surface area contributed by atoms with Crippen molar-refractivity contribution < 1.29 is 4.12 Å². The van der Waals surface area contributed by atoms with Gasteiger partial charge in [-0.15, -0.1) is 0 Å². The van der Waals surface area contributed by atoms with Gasteiger partial charge in [-0.05, 0) is 26.2 Å². The summed E-state index contributed by atoms with van der Waals surface area (Å²) in [7, 11) is -3.13. The second-order valence-electron chi connectivity index (χ2n) is 6.74. The first-order chi connectivity index (χ1) is 7.54. The summed E-state index contributed by atoms with van der Waals surface area (Å²) in [5.74, 6) is 0. The van der Waals surface area contributed by atoms with Crippen molar-refractivity contribution >= 4 is 16.6 Å². The molecule has 0 radical (unpaired) electrons. The van der Waals surface area contributed by atoms with E-state index < -0.39 is 16.6 Å². The van der Waals surface area contributed by atoms with Crippen LogP contribution in [0.5, 0.6) is 0 Å². The van der Waals surface area contributed by atoms with Gasteiger partial charge in [0.2, 0.25) is 8.32 Å². The van der Waals surface area contributed by atoms with E-state index in [1.54, 1.807) is 0 Å². The maximum absolute atomic E-state index is 6.48. The lowest BCUT2D eigenvalue weighted by Gasteiger charge is -2.36. The standard InChI is InChI=1S/C12H32N2OSi2/c1-11(2)13-9-17(8,10-14-12(3)4)15-16(5,6)7/h11-14H,9-10H2,1-8H3. The molecule has 2 N–H and O–H groups in total. The first kappa shape index (κ1) is 17.3. The summed E-state index contributed by atoms with van der Waals surface area (Å²) >= 11 is 0. The maximum atomic E-state index is 6.48. The molecule has 0 aromatic heterocycles. The molecule has 0 saturated carbocycles. The predicted molar refractivity (Wildman–Crippen MR) is 82.3 cm³/mol. The molecular formula is C12H32N2OSi2. The lowest BCUT2D eigenvalue weighted by Crippen LogP contribution is -2.59. The number of hydrogen-bond acceptors (Lipinski definition) is 3. The van der Waals surface area contributed by atoms with Crippen LogP contribution in [0.25, 0.3) is 0 Å². The SMILES string of the molecule is CC(C)NC[Si](C)(CNC(C)C)O[Si](C)(C)C. The number of rotatable bonds is 8. The van der Waals surface area contributed by atoms with Crippen molar-refractivity contribution in [1.29, 1.82) is 0 Å². The summed E-state index contributed by atoms with van der Waals surface area (Å²) in [4.78, 5) is 0. The Kier molecular flexibility index (Phi) is 7.17. The van der Waals surface area contributed by atoms with Gasteiger partial charge in [-0.1, -0.05) is 27.7 Å². The van der Waals surface area contributed by atoms with Crippen molar-refractivity contribution in [3.8, 4) is 0 Å². The van der Waals surface area contributed by atoms with Crippen molar-refractivity contribution in [2.75, 3.05) is 12.3 Å². The zero-order valence-corrected chi connectivity index (χ0v) is 15.0. The molecule has 0 spiro atoms. The molecule has 0 fully saturated rings. The Morgan fingerprint density at radius 2 is 1.18 bits per heavy atom. The first-order valence-corrected chi connectivity index (χ1v) is 12.9. The minimum Gasteiger partial charge on any atom is -0.454 e. The van der Waals surface area contributed by atoms with Crippen molar-refractivity contribution in [2.45, 2.75) is 66.0 Å². The quantitative estimate of drug-likeness (QED) is 0.668. The van der Waals surface area contributed by atoms with E-state index in [0.717, 1.165) is 12.3 Å². The minimum atomic E-state index is -1.67. The van der Waals surface area contributed by atoms with Gasteiger partial charge >= 0.3 is 0 Å². The molecule has 0 aliphatic heterocycles. The molecule has 0 aromatic rings. The number of nitrogens with one attached hydrogen (secondary N) is 2. The van der Waals surface area contributed by atoms with Crippen LogP contribution in [0.15, 0.2) is 0 Å². The van der Waals surface area contributed by atoms with Crippen molar-refractivity contribution in [3.05, 3.63) is 0 Å². The molecule has 0 amide bonds. The second kappa shape index (κ2) is 7.04. The normalized spacial score (nSPS) is 13.8. The lowest BCUT2D eigenvalue weighted by atomic mass is 10.4. The topological polar surface area (TPSA) is 33.3 Å². The zero-order valence-electron chi connectivity index (χ0n) is 13.0. The number of hydrogen-bond donors (Lipinski definition) is 2. The van der Waals surface area contributed by atoms with E-state index in [0.29, 0.717) is 12.1 Å². The van der Waals surface area contributed by atoms with Crippen LogP contribution < -0.4 is 10.6 Å². The predicted octanol–water partition coefficient (Wildman–Crippen LogP) is 2.49. The fourth-order valence-electron chi connectivity index (χ4n) is 1.71. The van der Waals surface area contributed by atoms with Gasteiger partial charge in [-0.2, -0.15) is 0 Å². The van der Waals surface area contributed by atoms with Gasteiger partial charge in [0.1, 0.15) is 0 Å². The molecule has 0 bridgehead atoms. The van der Waals surface area contributed by atoms with Crippen LogP contribution in [-0.4, -0.2) is 41.1 Å². The second-order valence-corrected chi connectivity index (χ2v) is 15.4. The molecule has 104 valence electrons. The smallest absolute Gasteiger partial charge is 0.204 e. The molecule has 0 aliphatic rings. The zero-order chi connectivity index (χ0) is 13.7. The summed E-state index contributed by atoms with van der Waals surface area (Å²) in [6, 6.07) is 1.07. The summed E-state index contributed by atoms with van der Waals surface area (Å²) in [6.07, 6.45) is 2.07. The molecule has 0 aromatic carbocycles. The molecule has 17 heavy (non-hydrogen) atoms. The van der Waals surface area contributed by atoms with Crippen LogP contribution in [0, 0.1) is 0 Å². The Hall–Kier alpha value is 0.314. The lowest BCUT2D eigenvalue weighted by molar-refractivity contribution is 0.496. The van der Waals surface area contributed by atoms with Gasteiger partial charge in [0, 0.05) is 24.4 Å². The Balaban J connectivity index is 4.45. The Morgan fingerprint density at radius 3 is 1.41 bits per heavy atom. The monoisotopic (exact) mass is 276 g/mol. The minimum absolute atomic E-state index is 0.533. The molecule has 0 aliphatic carbocycles. The largest absolute Gasteiger partial charge is 0.454 e. The molecule has 3 nitrogen and oxygen atoms in total. The van der Waals surface area contributed by atoms with Crippen molar-refractivity contribution in [1.82, 2.24) is 10.6 Å². The Morgan fingerprint density at radius 1 is 0.824 bits per heavy atom. The van der Waals surface area contributed by atoms with Gasteiger partial charge in [-0.25, -0.2) is 0 Å². The van der Waals surface area contributed by atoms with Crippen LogP contribution in [0.3, 0.4) is 0 Å². The van der Waals surface area contributed by atoms with E-state index in [9.17, 15) is 0 Å². The molecule has 0 heterocycles. The highest BCUT2D eigenvalue weighted by molar-refractivity contribution is 6.85. The van der Waals surface area contributed by atoms with E-state index in [-0.39, 0.29) is 0 Å². The van der Waals surface area contributed by atoms with Gasteiger partial charge in [0.05, 0.1) is 0 Å². The summed E-state index contributed by atoms with van der Waals surface area (Å²) in [6.45, 7) is 18.0. The van der Waals surface area contributed by atoms with Crippen molar-refractivity contribution in [3.63, 3.8) is 0 Å². The highest BCUT2D eigenvalue weighted by atomic mass is 28.4. The van der Waals surface area contributed by atoms with Gasteiger partial charge in [-0.3, -0.25) is 0 Å². The third-order valence-corrected chi connectivity index (χ3v) is 8.65. The van der Waals surface area contributed by atoms with Gasteiger partial charge < -0.3 is 14.7 Å². The van der Waals surface area contributed by atoms with Crippen LogP contribution in [-0.2, 0) is 4.12 Å². The van der Waals surface area contributed by atoms with E-state index in [4.69, 9.17) is 4.12 Å². The van der Waals surface area contributed by atoms with Crippen LogP contribution >= 0.6 is 0 Å². The summed E-state index contributed by atoms with van der Waals surface area (Å²) < 4.78 is 6.48. The third-order valence-electron chi connectivity index (χ3n) is 2.32. The Bertz CT molecular complexity index is 203. The summed E-state index contributed by atoms with van der Waals surface area (Å²) in [5, 5.41) is 7.10. The molecule has 0 atom stereocenters. The Labute approximate surface area is 110 Å². The van der Waals surface area contributed by atoms with Gasteiger partial charge in [0.15, 0.2) is 8.32 Å². The van der Waals surface area contributed by atoms with Crippen LogP contribution in [0.4, 0.5) is 0 Å². The molecule has 5 heteroatoms. The van der Waals surface area contributed by atoms with E-state index >= 15 is 0 Å². The molecular weight excluding hydrogens is 244 g/mol. The van der Waals surface area contributed by atoms with Crippen LogP contribution in [0.2, 0.25) is 26.2 Å². The average molecular weight is 277 g/mol. The molecule has 0 saturated heterocycles.